The SMILES string of the molecule is COc1cc(C[C@H]2CCNC2)ccn1.O=CC(F)(F)F.S. The molecule has 0 bridgehead atoms. The van der Waals surface area contributed by atoms with Gasteiger partial charge in [-0.05, 0) is 43.5 Å². The first-order valence-electron chi connectivity index (χ1n) is 6.17. The van der Waals surface area contributed by atoms with Crippen molar-refractivity contribution in [1.82, 2.24) is 10.3 Å². The standard InChI is InChI=1S/C11H16N2O.C2HF3O.H2S/c1-14-11-7-9(3-5-13-11)6-10-2-4-12-8-10;3-2(4,5)1-6;/h3,5,7,10,12H,2,4,6,8H2,1H3;1H;1H2/t10-;;/m1../s1. The molecule has 1 aliphatic rings. The minimum atomic E-state index is -4.64. The van der Waals surface area contributed by atoms with Gasteiger partial charge in [-0.2, -0.15) is 26.7 Å². The van der Waals surface area contributed by atoms with E-state index in [1.165, 1.54) is 12.0 Å². The molecule has 0 unspecified atom stereocenters. The first kappa shape index (κ1) is 19.7. The molecule has 8 heteroatoms. The van der Waals surface area contributed by atoms with E-state index in [0.29, 0.717) is 5.88 Å². The Morgan fingerprint density at radius 2 is 2.19 bits per heavy atom. The number of aromatic nitrogens is 1. The molecule has 1 saturated heterocycles. The van der Waals surface area contributed by atoms with E-state index in [2.05, 4.69) is 16.4 Å². The van der Waals surface area contributed by atoms with Gasteiger partial charge in [0, 0.05) is 12.3 Å². The fourth-order valence-corrected chi connectivity index (χ4v) is 1.91. The number of pyridine rings is 1. The van der Waals surface area contributed by atoms with Gasteiger partial charge in [0.1, 0.15) is 0 Å². The molecular formula is C13H19F3N2O2S. The number of methoxy groups -OCH3 is 1. The van der Waals surface area contributed by atoms with Crippen molar-refractivity contribution >= 4 is 19.8 Å². The van der Waals surface area contributed by atoms with Crippen LogP contribution in [0.2, 0.25) is 0 Å². The molecule has 1 atom stereocenters. The fraction of sp³-hybridized carbons (Fsp3) is 0.538. The predicted octanol–water partition coefficient (Wildman–Crippen LogP) is 2.10. The average molecular weight is 324 g/mol. The number of ether oxygens (including phenoxy) is 1. The van der Waals surface area contributed by atoms with Crippen LogP contribution in [0, 0.1) is 5.92 Å². The first-order valence-corrected chi connectivity index (χ1v) is 6.17. The summed E-state index contributed by atoms with van der Waals surface area (Å²) >= 11 is 0. The number of alkyl halides is 3. The summed E-state index contributed by atoms with van der Waals surface area (Å²) in [6.45, 7) is 2.30. The lowest BCUT2D eigenvalue weighted by atomic mass is 10.00. The maximum absolute atomic E-state index is 10.4. The highest BCUT2D eigenvalue weighted by Crippen LogP contribution is 2.17. The van der Waals surface area contributed by atoms with Crippen LogP contribution in [-0.4, -0.2) is 37.6 Å². The van der Waals surface area contributed by atoms with Crippen molar-refractivity contribution in [3.63, 3.8) is 0 Å². The number of hydrogen-bond donors (Lipinski definition) is 1. The topological polar surface area (TPSA) is 51.2 Å². The zero-order valence-corrected chi connectivity index (χ0v) is 12.6. The van der Waals surface area contributed by atoms with Crippen LogP contribution in [-0.2, 0) is 11.2 Å². The summed E-state index contributed by atoms with van der Waals surface area (Å²) in [4.78, 5) is 12.8. The second-order valence-corrected chi connectivity index (χ2v) is 4.43. The van der Waals surface area contributed by atoms with Crippen molar-refractivity contribution in [2.24, 2.45) is 5.92 Å². The largest absolute Gasteiger partial charge is 0.481 e. The van der Waals surface area contributed by atoms with E-state index in [0.717, 1.165) is 25.4 Å². The van der Waals surface area contributed by atoms with Crippen molar-refractivity contribution in [3.8, 4) is 5.88 Å². The van der Waals surface area contributed by atoms with E-state index < -0.39 is 12.5 Å². The smallest absolute Gasteiger partial charge is 0.446 e. The van der Waals surface area contributed by atoms with Gasteiger partial charge < -0.3 is 10.1 Å². The third-order valence-corrected chi connectivity index (χ3v) is 2.83. The molecule has 4 nitrogen and oxygen atoms in total. The summed E-state index contributed by atoms with van der Waals surface area (Å²) in [5, 5.41) is 3.37. The van der Waals surface area contributed by atoms with Crippen LogP contribution in [0.4, 0.5) is 13.2 Å². The molecule has 1 aromatic heterocycles. The Labute approximate surface area is 128 Å². The molecule has 21 heavy (non-hydrogen) atoms. The zero-order valence-electron chi connectivity index (χ0n) is 11.6. The van der Waals surface area contributed by atoms with Gasteiger partial charge in [0.25, 0.3) is 0 Å². The molecule has 0 amide bonds. The van der Waals surface area contributed by atoms with Crippen LogP contribution < -0.4 is 10.1 Å². The maximum atomic E-state index is 10.4. The Kier molecular flexibility index (Phi) is 9.03. The second-order valence-electron chi connectivity index (χ2n) is 4.43. The van der Waals surface area contributed by atoms with Gasteiger partial charge in [-0.1, -0.05) is 0 Å². The Hall–Kier alpha value is -1.28. The lowest BCUT2D eigenvalue weighted by Gasteiger charge is -2.08. The average Bonchev–Trinajstić information content (AvgIpc) is 2.92. The molecular weight excluding hydrogens is 305 g/mol. The normalized spacial score (nSPS) is 17.2. The molecule has 1 aromatic rings. The van der Waals surface area contributed by atoms with Gasteiger partial charge in [-0.15, -0.1) is 0 Å². The van der Waals surface area contributed by atoms with Crippen molar-refractivity contribution in [2.75, 3.05) is 20.2 Å². The van der Waals surface area contributed by atoms with Gasteiger partial charge in [0.15, 0.2) is 0 Å². The molecule has 1 fully saturated rings. The highest BCUT2D eigenvalue weighted by molar-refractivity contribution is 7.59. The van der Waals surface area contributed by atoms with Gasteiger partial charge in [-0.25, -0.2) is 4.98 Å². The second kappa shape index (κ2) is 9.62. The van der Waals surface area contributed by atoms with Crippen LogP contribution in [0.1, 0.15) is 12.0 Å². The molecule has 2 heterocycles. The number of aldehydes is 1. The summed E-state index contributed by atoms with van der Waals surface area (Å²) in [5.74, 6) is 1.50. The summed E-state index contributed by atoms with van der Waals surface area (Å²) < 4.78 is 36.3. The van der Waals surface area contributed by atoms with E-state index in [1.807, 2.05) is 12.3 Å². The van der Waals surface area contributed by atoms with Gasteiger partial charge >= 0.3 is 6.18 Å². The lowest BCUT2D eigenvalue weighted by molar-refractivity contribution is -0.156. The van der Waals surface area contributed by atoms with E-state index in [9.17, 15) is 13.2 Å². The summed E-state index contributed by atoms with van der Waals surface area (Å²) in [5.41, 5.74) is 1.32. The molecule has 1 aliphatic heterocycles. The number of halogens is 3. The van der Waals surface area contributed by atoms with Crippen molar-refractivity contribution in [3.05, 3.63) is 23.9 Å². The number of nitrogens with zero attached hydrogens (tertiary/aromatic N) is 1. The van der Waals surface area contributed by atoms with Crippen LogP contribution >= 0.6 is 13.5 Å². The Bertz CT molecular complexity index is 424. The third-order valence-electron chi connectivity index (χ3n) is 2.83. The number of carbonyl (C=O) groups excluding carboxylic acids is 1. The quantitative estimate of drug-likeness (QED) is 0.865. The van der Waals surface area contributed by atoms with Crippen molar-refractivity contribution in [1.29, 1.82) is 0 Å². The highest BCUT2D eigenvalue weighted by atomic mass is 32.1. The fourth-order valence-electron chi connectivity index (χ4n) is 1.91. The van der Waals surface area contributed by atoms with Crippen LogP contribution in [0.25, 0.3) is 0 Å². The highest BCUT2D eigenvalue weighted by Gasteiger charge is 2.24. The summed E-state index contributed by atoms with van der Waals surface area (Å²) in [6, 6.07) is 4.10. The van der Waals surface area contributed by atoms with E-state index in [-0.39, 0.29) is 13.5 Å². The summed E-state index contributed by atoms with van der Waals surface area (Å²) in [7, 11) is 1.66. The molecule has 2 rings (SSSR count). The van der Waals surface area contributed by atoms with Crippen LogP contribution in [0.15, 0.2) is 18.3 Å². The maximum Gasteiger partial charge on any atom is 0.446 e. The molecule has 0 saturated carbocycles. The summed E-state index contributed by atoms with van der Waals surface area (Å²) in [6.07, 6.45) is -1.47. The van der Waals surface area contributed by atoms with Crippen molar-refractivity contribution in [2.45, 2.75) is 19.0 Å². The number of hydrogen-bond acceptors (Lipinski definition) is 4. The first-order chi connectivity index (χ1) is 9.44. The van der Waals surface area contributed by atoms with Gasteiger partial charge in [0.05, 0.1) is 7.11 Å². The molecule has 0 radical (unpaired) electrons. The number of rotatable bonds is 3. The predicted molar refractivity (Wildman–Crippen MR) is 78.0 cm³/mol. The van der Waals surface area contributed by atoms with Gasteiger partial charge in [0.2, 0.25) is 12.2 Å². The number of carbonyl (C=O) groups is 1. The number of nitrogens with one attached hydrogen (secondary N) is 1. The third kappa shape index (κ3) is 8.56. The lowest BCUT2D eigenvalue weighted by Crippen LogP contribution is -2.10. The van der Waals surface area contributed by atoms with E-state index >= 15 is 0 Å². The minimum Gasteiger partial charge on any atom is -0.481 e. The van der Waals surface area contributed by atoms with Crippen LogP contribution in [0.3, 0.4) is 0 Å². The van der Waals surface area contributed by atoms with Crippen molar-refractivity contribution < 1.29 is 22.7 Å². The molecule has 1 N–H and O–H groups in total. The van der Waals surface area contributed by atoms with Gasteiger partial charge in [-0.3, -0.25) is 4.79 Å². The molecule has 120 valence electrons. The molecule has 0 aromatic carbocycles. The minimum absolute atomic E-state index is 0. The Balaban J connectivity index is 0.000000495. The zero-order chi connectivity index (χ0) is 15.0. The van der Waals surface area contributed by atoms with Crippen LogP contribution in [0.5, 0.6) is 5.88 Å². The Morgan fingerprint density at radius 3 is 2.67 bits per heavy atom. The molecule has 0 aliphatic carbocycles. The molecule has 0 spiro atoms. The Morgan fingerprint density at radius 1 is 1.52 bits per heavy atom. The monoisotopic (exact) mass is 324 g/mol. The van der Waals surface area contributed by atoms with E-state index in [1.54, 1.807) is 7.11 Å². The van der Waals surface area contributed by atoms with E-state index in [4.69, 9.17) is 9.53 Å².